The Hall–Kier alpha value is -2.34. The van der Waals surface area contributed by atoms with Gasteiger partial charge < -0.3 is 15.2 Å². The Bertz CT molecular complexity index is 725. The highest BCUT2D eigenvalue weighted by Crippen LogP contribution is 2.43. The fourth-order valence-electron chi connectivity index (χ4n) is 3.57. The third kappa shape index (κ3) is 3.33. The number of carbonyl (C=O) groups is 1. The second kappa shape index (κ2) is 7.91. The molecule has 6 nitrogen and oxygen atoms in total. The molecule has 1 aromatic rings. The molecule has 6 heteroatoms. The summed E-state index contributed by atoms with van der Waals surface area (Å²) in [5, 5.41) is 0. The second-order valence-electron chi connectivity index (χ2n) is 6.88. The molecule has 0 spiro atoms. The van der Waals surface area contributed by atoms with Gasteiger partial charge in [0.05, 0.1) is 18.9 Å². The van der Waals surface area contributed by atoms with Gasteiger partial charge in [-0.2, -0.15) is 0 Å². The number of fused-ring (bicyclic) bond motifs is 1. The first-order valence-corrected chi connectivity index (χ1v) is 9.15. The van der Waals surface area contributed by atoms with Crippen molar-refractivity contribution in [3.8, 4) is 5.75 Å². The zero-order valence-electron chi connectivity index (χ0n) is 15.5. The van der Waals surface area contributed by atoms with Crippen LogP contribution >= 0.6 is 0 Å². The summed E-state index contributed by atoms with van der Waals surface area (Å²) in [5.74, 6) is 0.827. The van der Waals surface area contributed by atoms with Crippen molar-refractivity contribution in [1.29, 1.82) is 0 Å². The SMILES string of the molecule is C=N/C=C(\CN)c1ccc2c(c1OC1CCC1)CCC(C)N2C(=O)OC. The molecule has 1 aliphatic heterocycles. The predicted octanol–water partition coefficient (Wildman–Crippen LogP) is 3.53. The van der Waals surface area contributed by atoms with E-state index in [1.807, 2.05) is 19.1 Å². The van der Waals surface area contributed by atoms with Crippen LogP contribution < -0.4 is 15.4 Å². The molecule has 1 aliphatic carbocycles. The molecule has 3 rings (SSSR count). The van der Waals surface area contributed by atoms with E-state index in [9.17, 15) is 4.79 Å². The molecular formula is C20H27N3O3. The second-order valence-corrected chi connectivity index (χ2v) is 6.88. The number of anilines is 1. The number of ether oxygens (including phenoxy) is 2. The van der Waals surface area contributed by atoms with Crippen LogP contribution in [0.1, 0.15) is 43.7 Å². The normalized spacial score (nSPS) is 20.2. The number of benzene rings is 1. The molecule has 26 heavy (non-hydrogen) atoms. The van der Waals surface area contributed by atoms with E-state index in [-0.39, 0.29) is 18.2 Å². The number of nitrogens with two attached hydrogens (primary N) is 1. The van der Waals surface area contributed by atoms with Gasteiger partial charge in [0.15, 0.2) is 0 Å². The molecule has 140 valence electrons. The Morgan fingerprint density at radius 2 is 2.19 bits per heavy atom. The molecule has 0 radical (unpaired) electrons. The van der Waals surface area contributed by atoms with Crippen molar-refractivity contribution in [2.45, 2.75) is 51.2 Å². The van der Waals surface area contributed by atoms with Gasteiger partial charge in [-0.05, 0) is 63.5 Å². The average Bonchev–Trinajstić information content (AvgIpc) is 2.61. The summed E-state index contributed by atoms with van der Waals surface area (Å²) in [7, 11) is 1.41. The fraction of sp³-hybridized carbons (Fsp3) is 0.500. The zero-order valence-corrected chi connectivity index (χ0v) is 15.5. The molecule has 0 bridgehead atoms. The van der Waals surface area contributed by atoms with Gasteiger partial charge in [-0.3, -0.25) is 9.89 Å². The summed E-state index contributed by atoms with van der Waals surface area (Å²) in [6.45, 7) is 5.92. The molecule has 0 aromatic heterocycles. The molecule has 1 atom stereocenters. The van der Waals surface area contributed by atoms with Crippen molar-refractivity contribution in [2.24, 2.45) is 10.7 Å². The van der Waals surface area contributed by atoms with Gasteiger partial charge in [0.25, 0.3) is 0 Å². The van der Waals surface area contributed by atoms with Crippen molar-refractivity contribution in [2.75, 3.05) is 18.6 Å². The molecule has 0 saturated heterocycles. The van der Waals surface area contributed by atoms with Gasteiger partial charge in [0, 0.05) is 29.9 Å². The topological polar surface area (TPSA) is 77.2 Å². The monoisotopic (exact) mass is 357 g/mol. The fourth-order valence-corrected chi connectivity index (χ4v) is 3.57. The summed E-state index contributed by atoms with van der Waals surface area (Å²) < 4.78 is 11.4. The highest BCUT2D eigenvalue weighted by molar-refractivity contribution is 5.91. The summed E-state index contributed by atoms with van der Waals surface area (Å²) in [6.07, 6.45) is 6.56. The van der Waals surface area contributed by atoms with Crippen LogP contribution in [0.25, 0.3) is 5.57 Å². The third-order valence-corrected chi connectivity index (χ3v) is 5.27. The lowest BCUT2D eigenvalue weighted by atomic mass is 9.91. The number of amides is 1. The standard InChI is InChI=1S/C20H27N3O3/c1-13-7-8-17-18(23(13)20(24)25-3)10-9-16(14(11-21)12-22-2)19(17)26-15-5-4-6-15/h9-10,12-13,15H,2,4-8,11,21H2,1,3H3/b14-12+. The Kier molecular flexibility index (Phi) is 5.61. The van der Waals surface area contributed by atoms with Crippen molar-refractivity contribution < 1.29 is 14.3 Å². The maximum Gasteiger partial charge on any atom is 0.414 e. The molecular weight excluding hydrogens is 330 g/mol. The minimum Gasteiger partial charge on any atom is -0.489 e. The summed E-state index contributed by atoms with van der Waals surface area (Å²) in [4.78, 5) is 17.9. The smallest absolute Gasteiger partial charge is 0.414 e. The lowest BCUT2D eigenvalue weighted by Crippen LogP contribution is -2.42. The minimum atomic E-state index is -0.344. The van der Waals surface area contributed by atoms with Crippen LogP contribution in [0.15, 0.2) is 23.3 Å². The molecule has 1 amide bonds. The van der Waals surface area contributed by atoms with Crippen molar-refractivity contribution in [1.82, 2.24) is 0 Å². The van der Waals surface area contributed by atoms with E-state index >= 15 is 0 Å². The molecule has 1 saturated carbocycles. The number of rotatable bonds is 5. The highest BCUT2D eigenvalue weighted by Gasteiger charge is 2.33. The molecule has 1 aromatic carbocycles. The van der Waals surface area contributed by atoms with Gasteiger partial charge in [0.2, 0.25) is 0 Å². The van der Waals surface area contributed by atoms with Gasteiger partial charge in [-0.1, -0.05) is 0 Å². The first-order chi connectivity index (χ1) is 12.6. The first kappa shape index (κ1) is 18.5. The van der Waals surface area contributed by atoms with E-state index in [0.717, 1.165) is 53.8 Å². The van der Waals surface area contributed by atoms with E-state index in [2.05, 4.69) is 11.7 Å². The Labute approximate surface area is 154 Å². The van der Waals surface area contributed by atoms with Crippen LogP contribution in [0, 0.1) is 0 Å². The summed E-state index contributed by atoms with van der Waals surface area (Å²) >= 11 is 0. The highest BCUT2D eigenvalue weighted by atomic mass is 16.5. The molecule has 1 heterocycles. The van der Waals surface area contributed by atoms with Crippen LogP contribution in [0.5, 0.6) is 5.75 Å². The number of hydrogen-bond donors (Lipinski definition) is 1. The van der Waals surface area contributed by atoms with E-state index in [1.54, 1.807) is 11.1 Å². The van der Waals surface area contributed by atoms with E-state index in [0.29, 0.717) is 6.54 Å². The largest absolute Gasteiger partial charge is 0.489 e. The molecule has 1 unspecified atom stereocenters. The Balaban J connectivity index is 2.12. The Morgan fingerprint density at radius 3 is 2.77 bits per heavy atom. The number of hydrogen-bond acceptors (Lipinski definition) is 5. The number of methoxy groups -OCH3 is 1. The first-order valence-electron chi connectivity index (χ1n) is 9.15. The zero-order chi connectivity index (χ0) is 18.7. The van der Waals surface area contributed by atoms with Gasteiger partial charge in [-0.25, -0.2) is 4.79 Å². The third-order valence-electron chi connectivity index (χ3n) is 5.27. The maximum absolute atomic E-state index is 12.3. The summed E-state index contributed by atoms with van der Waals surface area (Å²) in [6, 6.07) is 4.00. The van der Waals surface area contributed by atoms with Crippen LogP contribution in [0.2, 0.25) is 0 Å². The lowest BCUT2D eigenvalue weighted by Gasteiger charge is -2.37. The van der Waals surface area contributed by atoms with E-state index < -0.39 is 0 Å². The van der Waals surface area contributed by atoms with Crippen molar-refractivity contribution >= 4 is 24.1 Å². The number of aliphatic imine (C=N–C) groups is 1. The molecule has 2 aliphatic rings. The van der Waals surface area contributed by atoms with Crippen LogP contribution in [0.3, 0.4) is 0 Å². The van der Waals surface area contributed by atoms with Gasteiger partial charge in [0.1, 0.15) is 5.75 Å². The Morgan fingerprint density at radius 1 is 1.42 bits per heavy atom. The van der Waals surface area contributed by atoms with Crippen LogP contribution in [-0.2, 0) is 11.2 Å². The average molecular weight is 357 g/mol. The number of nitrogens with zero attached hydrogens (tertiary/aromatic N) is 2. The predicted molar refractivity (Wildman–Crippen MR) is 104 cm³/mol. The van der Waals surface area contributed by atoms with E-state index in [1.165, 1.54) is 13.5 Å². The minimum absolute atomic E-state index is 0.0803. The van der Waals surface area contributed by atoms with Crippen molar-refractivity contribution in [3.63, 3.8) is 0 Å². The van der Waals surface area contributed by atoms with Gasteiger partial charge in [-0.15, -0.1) is 0 Å². The summed E-state index contributed by atoms with van der Waals surface area (Å²) in [5.41, 5.74) is 9.65. The number of carbonyl (C=O) groups excluding carboxylic acids is 1. The molecule has 2 N–H and O–H groups in total. The maximum atomic E-state index is 12.3. The van der Waals surface area contributed by atoms with Gasteiger partial charge >= 0.3 is 6.09 Å². The van der Waals surface area contributed by atoms with E-state index in [4.69, 9.17) is 15.2 Å². The quantitative estimate of drug-likeness (QED) is 0.818. The molecule has 1 fully saturated rings. The van der Waals surface area contributed by atoms with Crippen LogP contribution in [0.4, 0.5) is 10.5 Å². The van der Waals surface area contributed by atoms with Crippen molar-refractivity contribution in [3.05, 3.63) is 29.5 Å². The van der Waals surface area contributed by atoms with Crippen LogP contribution in [-0.4, -0.2) is 38.6 Å². The lowest BCUT2D eigenvalue weighted by molar-refractivity contribution is 0.118.